The predicted molar refractivity (Wildman–Crippen MR) is 130 cm³/mol. The van der Waals surface area contributed by atoms with Gasteiger partial charge in [0, 0.05) is 49.0 Å². The van der Waals surface area contributed by atoms with Crippen LogP contribution in [0.5, 0.6) is 0 Å². The second-order valence-corrected chi connectivity index (χ2v) is 9.50. The monoisotopic (exact) mass is 485 g/mol. The van der Waals surface area contributed by atoms with E-state index in [9.17, 15) is 14.7 Å². The van der Waals surface area contributed by atoms with Crippen molar-refractivity contribution in [1.29, 1.82) is 0 Å². The second kappa shape index (κ2) is 9.88. The van der Waals surface area contributed by atoms with Crippen LogP contribution < -0.4 is 10.7 Å². The number of aliphatic hydroxyl groups is 1. The molecule has 0 bridgehead atoms. The molecule has 0 unspecified atom stereocenters. The van der Waals surface area contributed by atoms with Crippen LogP contribution >= 0.6 is 22.9 Å². The number of hydrogen-bond donors (Lipinski definition) is 3. The summed E-state index contributed by atoms with van der Waals surface area (Å²) >= 11 is 7.39. The number of carbonyl (C=O) groups excluding carboxylic acids is 1. The first kappa shape index (κ1) is 23.2. The van der Waals surface area contributed by atoms with E-state index in [0.29, 0.717) is 35.7 Å². The van der Waals surface area contributed by atoms with Crippen LogP contribution in [0.3, 0.4) is 0 Å². The van der Waals surface area contributed by atoms with Crippen molar-refractivity contribution in [2.24, 2.45) is 7.05 Å². The zero-order chi connectivity index (χ0) is 23.5. The highest BCUT2D eigenvalue weighted by Gasteiger charge is 2.18. The molecule has 4 rings (SSSR count). The molecule has 1 amide bonds. The third kappa shape index (κ3) is 5.33. The molecule has 3 heterocycles. The van der Waals surface area contributed by atoms with Gasteiger partial charge in [0.05, 0.1) is 11.1 Å². The normalized spacial score (nSPS) is 12.4. The van der Waals surface area contributed by atoms with E-state index >= 15 is 0 Å². The molecule has 1 aromatic carbocycles. The van der Waals surface area contributed by atoms with Gasteiger partial charge in [-0.2, -0.15) is 5.10 Å². The van der Waals surface area contributed by atoms with Crippen LogP contribution in [-0.4, -0.2) is 44.3 Å². The molecule has 1 atom stereocenters. The van der Waals surface area contributed by atoms with Crippen LogP contribution in [0.25, 0.3) is 10.2 Å². The molecule has 0 spiro atoms. The lowest BCUT2D eigenvalue weighted by Crippen LogP contribution is -2.29. The van der Waals surface area contributed by atoms with Crippen molar-refractivity contribution in [3.05, 3.63) is 85.7 Å². The smallest absolute Gasteiger partial charge is 0.257 e. The molecule has 0 fully saturated rings. The fraction of sp³-hybridized carbons (Fsp3) is 0.261. The van der Waals surface area contributed by atoms with Gasteiger partial charge in [-0.1, -0.05) is 23.7 Å². The van der Waals surface area contributed by atoms with Crippen LogP contribution in [0.2, 0.25) is 5.02 Å². The molecular weight excluding hydrogens is 462 g/mol. The summed E-state index contributed by atoms with van der Waals surface area (Å²) in [4.78, 5) is 29.5. The molecular formula is C23H24ClN5O3S. The number of nitrogens with one attached hydrogen (secondary N) is 2. The highest BCUT2D eigenvalue weighted by molar-refractivity contribution is 7.18. The first-order valence-electron chi connectivity index (χ1n) is 10.3. The number of aromatic nitrogens is 3. The minimum atomic E-state index is -0.686. The summed E-state index contributed by atoms with van der Waals surface area (Å²) in [5, 5.41) is 20.9. The Balaban J connectivity index is 1.49. The standard InChI is InChI=1S/C23H24ClN5O3S/c1-28(13-20(30)19-7-8-26-27-19)11-16-9-17-21(31)18(12-29(2)23(17)33-16)22(32)25-10-14-3-5-15(24)6-4-14/h3-9,12,20,30H,10-11,13H2,1-2H3,(H,25,32)(H,26,27)/t20-/m1/s1. The summed E-state index contributed by atoms with van der Waals surface area (Å²) in [6, 6.07) is 10.7. The van der Waals surface area contributed by atoms with Crippen LogP contribution in [0.15, 0.2) is 53.6 Å². The Labute approximate surface area is 199 Å². The van der Waals surface area contributed by atoms with Crippen molar-refractivity contribution in [2.75, 3.05) is 13.6 Å². The number of aromatic amines is 1. The molecule has 4 aromatic rings. The zero-order valence-electron chi connectivity index (χ0n) is 18.2. The molecule has 0 aliphatic heterocycles. The van der Waals surface area contributed by atoms with E-state index in [0.717, 1.165) is 15.3 Å². The van der Waals surface area contributed by atoms with Crippen molar-refractivity contribution in [1.82, 2.24) is 25.0 Å². The number of aryl methyl sites for hydroxylation is 1. The molecule has 0 saturated heterocycles. The first-order chi connectivity index (χ1) is 15.8. The molecule has 0 aliphatic carbocycles. The number of amides is 1. The minimum Gasteiger partial charge on any atom is -0.385 e. The van der Waals surface area contributed by atoms with Crippen molar-refractivity contribution in [2.45, 2.75) is 19.2 Å². The highest BCUT2D eigenvalue weighted by Crippen LogP contribution is 2.25. The van der Waals surface area contributed by atoms with Gasteiger partial charge in [-0.3, -0.25) is 19.6 Å². The summed E-state index contributed by atoms with van der Waals surface area (Å²) in [5.74, 6) is -0.417. The number of halogens is 1. The maximum absolute atomic E-state index is 13.1. The number of H-pyrrole nitrogens is 1. The molecule has 33 heavy (non-hydrogen) atoms. The molecule has 0 radical (unpaired) electrons. The van der Waals surface area contributed by atoms with Crippen molar-refractivity contribution in [3.63, 3.8) is 0 Å². The fourth-order valence-corrected chi connectivity index (χ4v) is 4.90. The number of aliphatic hydroxyl groups excluding tert-OH is 1. The van der Waals surface area contributed by atoms with Gasteiger partial charge in [0.25, 0.3) is 5.91 Å². The van der Waals surface area contributed by atoms with Crippen LogP contribution in [0, 0.1) is 0 Å². The zero-order valence-corrected chi connectivity index (χ0v) is 19.8. The molecule has 8 nitrogen and oxygen atoms in total. The highest BCUT2D eigenvalue weighted by atomic mass is 35.5. The van der Waals surface area contributed by atoms with E-state index in [4.69, 9.17) is 11.6 Å². The summed E-state index contributed by atoms with van der Waals surface area (Å²) in [6.45, 7) is 1.27. The SMILES string of the molecule is CN(Cc1cc2c(=O)c(C(=O)NCc3ccc(Cl)cc3)cn(C)c2s1)C[C@@H](O)c1ccn[nH]1. The minimum absolute atomic E-state index is 0.103. The maximum atomic E-state index is 13.1. The van der Waals surface area contributed by atoms with E-state index in [2.05, 4.69) is 15.5 Å². The molecule has 172 valence electrons. The Morgan fingerprint density at radius 1 is 1.33 bits per heavy atom. The average molecular weight is 486 g/mol. The average Bonchev–Trinajstić information content (AvgIpc) is 3.46. The van der Waals surface area contributed by atoms with Gasteiger partial charge in [-0.15, -0.1) is 11.3 Å². The van der Waals surface area contributed by atoms with E-state index < -0.39 is 12.0 Å². The van der Waals surface area contributed by atoms with Gasteiger partial charge in [-0.05, 0) is 36.9 Å². The Kier molecular flexibility index (Phi) is 6.94. The van der Waals surface area contributed by atoms with Gasteiger partial charge in [0.2, 0.25) is 5.43 Å². The number of thiophene rings is 1. The summed E-state index contributed by atoms with van der Waals surface area (Å²) < 4.78 is 1.81. The largest absolute Gasteiger partial charge is 0.385 e. The molecule has 0 saturated carbocycles. The molecule has 0 aliphatic rings. The third-order valence-corrected chi connectivity index (χ3v) is 6.76. The van der Waals surface area contributed by atoms with Gasteiger partial charge in [0.1, 0.15) is 16.5 Å². The van der Waals surface area contributed by atoms with Crippen LogP contribution in [-0.2, 0) is 20.1 Å². The number of hydrogen-bond acceptors (Lipinski definition) is 6. The van der Waals surface area contributed by atoms with Gasteiger partial charge in [-0.25, -0.2) is 0 Å². The van der Waals surface area contributed by atoms with E-state index in [1.807, 2.05) is 41.8 Å². The quantitative estimate of drug-likeness (QED) is 0.356. The Bertz CT molecular complexity index is 1310. The van der Waals surface area contributed by atoms with E-state index in [-0.39, 0.29) is 11.0 Å². The van der Waals surface area contributed by atoms with Crippen LogP contribution in [0.4, 0.5) is 0 Å². The summed E-state index contributed by atoms with van der Waals surface area (Å²) in [7, 11) is 3.72. The van der Waals surface area contributed by atoms with Crippen molar-refractivity contribution >= 4 is 39.1 Å². The molecule has 10 heteroatoms. The van der Waals surface area contributed by atoms with Crippen molar-refractivity contribution < 1.29 is 9.90 Å². The first-order valence-corrected chi connectivity index (χ1v) is 11.5. The topological polar surface area (TPSA) is 103 Å². The Hall–Kier alpha value is -2.98. The Morgan fingerprint density at radius 2 is 2.09 bits per heavy atom. The molecule has 3 N–H and O–H groups in total. The number of likely N-dealkylation sites (N-methyl/N-ethyl adjacent to an activating group) is 1. The number of pyridine rings is 1. The lowest BCUT2D eigenvalue weighted by Gasteiger charge is -2.18. The number of rotatable bonds is 8. The third-order valence-electron chi connectivity index (χ3n) is 5.30. The van der Waals surface area contributed by atoms with Crippen molar-refractivity contribution in [3.8, 4) is 0 Å². The summed E-state index contributed by atoms with van der Waals surface area (Å²) in [5.41, 5.74) is 1.36. The van der Waals surface area contributed by atoms with E-state index in [1.165, 1.54) is 11.3 Å². The van der Waals surface area contributed by atoms with Crippen LogP contribution in [0.1, 0.15) is 32.6 Å². The summed E-state index contributed by atoms with van der Waals surface area (Å²) in [6.07, 6.45) is 2.49. The number of nitrogens with zero attached hydrogens (tertiary/aromatic N) is 3. The fourth-order valence-electron chi connectivity index (χ4n) is 3.61. The molecule has 3 aromatic heterocycles. The van der Waals surface area contributed by atoms with Gasteiger partial charge in [0.15, 0.2) is 0 Å². The lowest BCUT2D eigenvalue weighted by molar-refractivity contribution is 0.0949. The van der Waals surface area contributed by atoms with Gasteiger partial charge < -0.3 is 15.0 Å². The van der Waals surface area contributed by atoms with E-state index in [1.54, 1.807) is 30.6 Å². The lowest BCUT2D eigenvalue weighted by atomic mass is 10.2. The number of benzene rings is 1. The second-order valence-electron chi connectivity index (χ2n) is 7.95. The predicted octanol–water partition coefficient (Wildman–Crippen LogP) is 3.07. The van der Waals surface area contributed by atoms with Gasteiger partial charge >= 0.3 is 0 Å². The maximum Gasteiger partial charge on any atom is 0.257 e. The number of fused-ring (bicyclic) bond motifs is 1. The number of carbonyl (C=O) groups is 1. The Morgan fingerprint density at radius 3 is 2.79 bits per heavy atom.